The van der Waals surface area contributed by atoms with Crippen LogP contribution in [0.4, 0.5) is 20.5 Å². The molecular formula is C28H30ClF2N3O5. The van der Waals surface area contributed by atoms with E-state index in [1.807, 2.05) is 0 Å². The minimum absolute atomic E-state index is 0.0543. The molecular weight excluding hydrogens is 532 g/mol. The van der Waals surface area contributed by atoms with Crippen LogP contribution in [-0.2, 0) is 25.5 Å². The molecule has 1 N–H and O–H groups in total. The molecule has 1 aliphatic heterocycles. The topological polar surface area (TPSA) is 93.9 Å². The van der Waals surface area contributed by atoms with Crippen LogP contribution in [0.2, 0.25) is 5.02 Å². The van der Waals surface area contributed by atoms with E-state index in [9.17, 15) is 14.0 Å². The summed E-state index contributed by atoms with van der Waals surface area (Å²) in [6.45, 7) is 0.139. The number of carbonyl (C=O) groups excluding carboxylic acids is 2. The highest BCUT2D eigenvalue weighted by atomic mass is 35.5. The maximum absolute atomic E-state index is 15.3. The quantitative estimate of drug-likeness (QED) is 0.358. The number of esters is 1. The standard InChI is InChI=1S/C28H30ClF2N3O5/c1-37-27(36)16-6-9-20(10-7-16)38-15-19-13-18(30)14-34(19)24(35)12-17-8-11-23-26(25(17)31)39-28(33-23)32-22-5-3-2-4-21(22)29/h2-5,8,11,16,18-20H,6-7,9-10,12-15H2,1H3,(H,32,33)/t16?,18-,19-,20?/m0/s1. The number of aromatic nitrogens is 1. The van der Waals surface area contributed by atoms with Crippen LogP contribution in [0, 0.1) is 11.7 Å². The van der Waals surface area contributed by atoms with E-state index in [-0.39, 0.29) is 72.6 Å². The van der Waals surface area contributed by atoms with Crippen molar-refractivity contribution >= 4 is 46.3 Å². The number of amides is 1. The Morgan fingerprint density at radius 1 is 1.18 bits per heavy atom. The van der Waals surface area contributed by atoms with Crippen LogP contribution in [0.1, 0.15) is 37.7 Å². The smallest absolute Gasteiger partial charge is 0.308 e. The van der Waals surface area contributed by atoms with E-state index in [0.29, 0.717) is 36.4 Å². The van der Waals surface area contributed by atoms with E-state index in [0.717, 1.165) is 0 Å². The molecule has 0 bridgehead atoms. The molecule has 208 valence electrons. The van der Waals surface area contributed by atoms with Crippen LogP contribution in [0.15, 0.2) is 40.8 Å². The normalized spacial score (nSPS) is 23.2. The molecule has 11 heteroatoms. The van der Waals surface area contributed by atoms with Crippen molar-refractivity contribution in [1.82, 2.24) is 9.88 Å². The molecule has 1 saturated heterocycles. The molecule has 1 saturated carbocycles. The van der Waals surface area contributed by atoms with Crippen molar-refractivity contribution < 1.29 is 32.3 Å². The van der Waals surface area contributed by atoms with E-state index in [1.54, 1.807) is 30.3 Å². The Bertz CT molecular complexity index is 1340. The Morgan fingerprint density at radius 2 is 1.95 bits per heavy atom. The minimum Gasteiger partial charge on any atom is -0.469 e. The highest BCUT2D eigenvalue weighted by Crippen LogP contribution is 2.31. The van der Waals surface area contributed by atoms with E-state index >= 15 is 4.39 Å². The van der Waals surface area contributed by atoms with Crippen LogP contribution < -0.4 is 5.32 Å². The molecule has 0 spiro atoms. The molecule has 2 aromatic carbocycles. The van der Waals surface area contributed by atoms with Gasteiger partial charge in [0.25, 0.3) is 6.01 Å². The average molecular weight is 562 g/mol. The Kier molecular flexibility index (Phi) is 8.32. The third-order valence-corrected chi connectivity index (χ3v) is 7.78. The van der Waals surface area contributed by atoms with Gasteiger partial charge < -0.3 is 24.1 Å². The monoisotopic (exact) mass is 561 g/mol. The molecule has 1 aliphatic carbocycles. The molecule has 2 atom stereocenters. The van der Waals surface area contributed by atoms with Crippen molar-refractivity contribution in [3.05, 3.63) is 52.8 Å². The second kappa shape index (κ2) is 11.9. The van der Waals surface area contributed by atoms with Crippen LogP contribution in [0.25, 0.3) is 11.1 Å². The third-order valence-electron chi connectivity index (χ3n) is 7.45. The lowest BCUT2D eigenvalue weighted by molar-refractivity contribution is -0.148. The van der Waals surface area contributed by atoms with Crippen molar-refractivity contribution in [2.75, 3.05) is 25.6 Å². The molecule has 5 rings (SSSR count). The zero-order valence-electron chi connectivity index (χ0n) is 21.5. The maximum atomic E-state index is 15.3. The number of alkyl halides is 1. The number of hydrogen-bond donors (Lipinski definition) is 1. The number of halogens is 3. The number of methoxy groups -OCH3 is 1. The van der Waals surface area contributed by atoms with Gasteiger partial charge in [0.05, 0.1) is 55.5 Å². The van der Waals surface area contributed by atoms with Crippen LogP contribution in [0.3, 0.4) is 0 Å². The summed E-state index contributed by atoms with van der Waals surface area (Å²) < 4.78 is 46.1. The van der Waals surface area contributed by atoms with Gasteiger partial charge in [-0.25, -0.2) is 8.78 Å². The molecule has 1 amide bonds. The van der Waals surface area contributed by atoms with Crippen molar-refractivity contribution in [2.45, 2.75) is 56.8 Å². The zero-order valence-corrected chi connectivity index (χ0v) is 22.3. The van der Waals surface area contributed by atoms with E-state index in [2.05, 4.69) is 10.3 Å². The van der Waals surface area contributed by atoms with E-state index in [1.165, 1.54) is 18.1 Å². The number of benzene rings is 2. The largest absolute Gasteiger partial charge is 0.469 e. The summed E-state index contributed by atoms with van der Waals surface area (Å²) in [6, 6.07) is 9.70. The Morgan fingerprint density at radius 3 is 2.69 bits per heavy atom. The number of para-hydroxylation sites is 1. The fourth-order valence-corrected chi connectivity index (χ4v) is 5.52. The number of rotatable bonds is 8. The number of likely N-dealkylation sites (tertiary alicyclic amines) is 1. The number of nitrogens with one attached hydrogen (secondary N) is 1. The first-order valence-electron chi connectivity index (χ1n) is 13.0. The number of fused-ring (bicyclic) bond motifs is 1. The number of carbonyl (C=O) groups is 2. The van der Waals surface area contributed by atoms with Crippen molar-refractivity contribution in [3.63, 3.8) is 0 Å². The van der Waals surface area contributed by atoms with Gasteiger partial charge in [-0.1, -0.05) is 29.8 Å². The Labute approximate surface area is 229 Å². The third kappa shape index (κ3) is 6.17. The molecule has 2 fully saturated rings. The highest BCUT2D eigenvalue weighted by molar-refractivity contribution is 6.33. The van der Waals surface area contributed by atoms with Crippen molar-refractivity contribution in [3.8, 4) is 0 Å². The number of oxazole rings is 1. The first-order chi connectivity index (χ1) is 18.8. The van der Waals surface area contributed by atoms with Gasteiger partial charge in [-0.15, -0.1) is 0 Å². The molecule has 2 aliphatic rings. The van der Waals surface area contributed by atoms with E-state index < -0.39 is 18.0 Å². The molecule has 1 aromatic heterocycles. The zero-order chi connectivity index (χ0) is 27.5. The van der Waals surface area contributed by atoms with Crippen molar-refractivity contribution in [2.24, 2.45) is 5.92 Å². The highest BCUT2D eigenvalue weighted by Gasteiger charge is 2.37. The second-order valence-corrected chi connectivity index (χ2v) is 10.5. The van der Waals surface area contributed by atoms with Gasteiger partial charge in [0, 0.05) is 12.0 Å². The molecule has 3 aromatic rings. The summed E-state index contributed by atoms with van der Waals surface area (Å²) in [5.74, 6) is -1.39. The summed E-state index contributed by atoms with van der Waals surface area (Å²) >= 11 is 6.16. The van der Waals surface area contributed by atoms with Gasteiger partial charge in [-0.2, -0.15) is 4.98 Å². The predicted molar refractivity (Wildman–Crippen MR) is 141 cm³/mol. The molecule has 0 unspecified atom stereocenters. The first kappa shape index (κ1) is 27.3. The lowest BCUT2D eigenvalue weighted by Crippen LogP contribution is -2.40. The SMILES string of the molecule is COC(=O)C1CCC(OC[C@@H]2C[C@H](F)CN2C(=O)Cc2ccc3nc(Nc4ccccc4Cl)oc3c2F)CC1. The van der Waals surface area contributed by atoms with Gasteiger partial charge in [0.2, 0.25) is 5.91 Å². The second-order valence-electron chi connectivity index (χ2n) is 10.1. The van der Waals surface area contributed by atoms with Gasteiger partial charge >= 0.3 is 5.97 Å². The van der Waals surface area contributed by atoms with Gasteiger partial charge in [-0.05, 0) is 43.9 Å². The van der Waals surface area contributed by atoms with Crippen molar-refractivity contribution in [1.29, 1.82) is 0 Å². The molecule has 39 heavy (non-hydrogen) atoms. The lowest BCUT2D eigenvalue weighted by atomic mass is 9.87. The maximum Gasteiger partial charge on any atom is 0.308 e. The van der Waals surface area contributed by atoms with E-state index in [4.69, 9.17) is 25.5 Å². The Balaban J connectivity index is 1.21. The van der Waals surface area contributed by atoms with Gasteiger partial charge in [0.1, 0.15) is 11.7 Å². The number of nitrogens with zero attached hydrogens (tertiary/aromatic N) is 2. The summed E-state index contributed by atoms with van der Waals surface area (Å²) in [5, 5.41) is 3.38. The minimum atomic E-state index is -1.17. The average Bonchev–Trinajstić information content (AvgIpc) is 3.53. The lowest BCUT2D eigenvalue weighted by Gasteiger charge is -2.30. The van der Waals surface area contributed by atoms with Gasteiger partial charge in [0.15, 0.2) is 11.4 Å². The fraction of sp³-hybridized carbons (Fsp3) is 0.464. The summed E-state index contributed by atoms with van der Waals surface area (Å²) in [4.78, 5) is 30.6. The number of anilines is 2. The summed E-state index contributed by atoms with van der Waals surface area (Å²) in [7, 11) is 1.39. The van der Waals surface area contributed by atoms with Crippen LogP contribution >= 0.6 is 11.6 Å². The molecule has 2 heterocycles. The van der Waals surface area contributed by atoms with Crippen LogP contribution in [-0.4, -0.2) is 60.3 Å². The van der Waals surface area contributed by atoms with Gasteiger partial charge in [-0.3, -0.25) is 9.59 Å². The fourth-order valence-electron chi connectivity index (χ4n) is 5.33. The predicted octanol–water partition coefficient (Wildman–Crippen LogP) is 5.59. The summed E-state index contributed by atoms with van der Waals surface area (Å²) in [6.07, 6.45) is 1.46. The van der Waals surface area contributed by atoms with Crippen LogP contribution in [0.5, 0.6) is 0 Å². The number of ether oxygens (including phenoxy) is 2. The molecule has 0 radical (unpaired) electrons. The first-order valence-corrected chi connectivity index (χ1v) is 13.4. The Hall–Kier alpha value is -3.24. The molecule has 8 nitrogen and oxygen atoms in total. The summed E-state index contributed by atoms with van der Waals surface area (Å²) in [5.41, 5.74) is 0.899. The number of hydrogen-bond acceptors (Lipinski definition) is 7.